The van der Waals surface area contributed by atoms with Gasteiger partial charge in [0.25, 0.3) is 0 Å². The van der Waals surface area contributed by atoms with E-state index in [2.05, 4.69) is 31.3 Å². The minimum atomic E-state index is 0.373. The van der Waals surface area contributed by atoms with Crippen molar-refractivity contribution in [3.63, 3.8) is 0 Å². The summed E-state index contributed by atoms with van der Waals surface area (Å²) in [5, 5.41) is 3.59. The lowest BCUT2D eigenvalue weighted by atomic mass is 9.98. The van der Waals surface area contributed by atoms with E-state index >= 15 is 0 Å². The van der Waals surface area contributed by atoms with Crippen molar-refractivity contribution >= 4 is 0 Å². The zero-order chi connectivity index (χ0) is 14.7. The number of aromatic nitrogens is 1. The molecule has 0 aliphatic heterocycles. The van der Waals surface area contributed by atoms with Gasteiger partial charge in [0.1, 0.15) is 6.10 Å². The number of ether oxygens (including phenoxy) is 1. The van der Waals surface area contributed by atoms with E-state index in [9.17, 15) is 0 Å². The van der Waals surface area contributed by atoms with Crippen molar-refractivity contribution in [2.24, 2.45) is 0 Å². The summed E-state index contributed by atoms with van der Waals surface area (Å²) in [6.07, 6.45) is 9.34. The Morgan fingerprint density at radius 2 is 1.90 bits per heavy atom. The van der Waals surface area contributed by atoms with Crippen molar-refractivity contribution < 1.29 is 4.74 Å². The van der Waals surface area contributed by atoms with Crippen LogP contribution in [0, 0.1) is 0 Å². The van der Waals surface area contributed by atoms with E-state index in [0.717, 1.165) is 24.2 Å². The predicted octanol–water partition coefficient (Wildman–Crippen LogP) is 4.17. The molecule has 1 heterocycles. The van der Waals surface area contributed by atoms with Gasteiger partial charge in [-0.1, -0.05) is 20.3 Å². The summed E-state index contributed by atoms with van der Waals surface area (Å²) in [5.74, 6) is 1.28. The molecule has 1 aromatic heterocycles. The van der Waals surface area contributed by atoms with Gasteiger partial charge in [0.2, 0.25) is 5.88 Å². The second-order valence-electron chi connectivity index (χ2n) is 6.93. The average Bonchev–Trinajstić information content (AvgIpc) is 3.30. The van der Waals surface area contributed by atoms with Crippen molar-refractivity contribution in [3.05, 3.63) is 23.4 Å². The second-order valence-corrected chi connectivity index (χ2v) is 6.93. The summed E-state index contributed by atoms with van der Waals surface area (Å²) in [7, 11) is 0. The van der Waals surface area contributed by atoms with Crippen LogP contribution in [0.15, 0.2) is 12.1 Å². The van der Waals surface area contributed by atoms with Gasteiger partial charge in [0.05, 0.1) is 0 Å². The molecular weight excluding hydrogens is 260 g/mol. The standard InChI is InChI=1S/C18H28N2O/c1-13(2)17-10-14(12-19-15-8-9-15)11-18(20-17)21-16-6-4-3-5-7-16/h10-11,13,15-16,19H,3-9,12H2,1-2H3. The normalized spacial score (nSPS) is 20.0. The zero-order valence-corrected chi connectivity index (χ0v) is 13.4. The summed E-state index contributed by atoms with van der Waals surface area (Å²) >= 11 is 0. The van der Waals surface area contributed by atoms with E-state index in [4.69, 9.17) is 9.72 Å². The molecule has 2 saturated carbocycles. The van der Waals surface area contributed by atoms with Crippen molar-refractivity contribution in [1.29, 1.82) is 0 Å². The Kier molecular flexibility index (Phi) is 4.79. The van der Waals surface area contributed by atoms with Crippen LogP contribution in [0.2, 0.25) is 0 Å². The lowest BCUT2D eigenvalue weighted by Crippen LogP contribution is -2.21. The summed E-state index contributed by atoms with van der Waals surface area (Å²) in [6, 6.07) is 5.10. The first-order valence-electron chi connectivity index (χ1n) is 8.61. The Balaban J connectivity index is 1.70. The monoisotopic (exact) mass is 288 g/mol. The van der Waals surface area contributed by atoms with E-state index in [0.29, 0.717) is 12.0 Å². The first-order chi connectivity index (χ1) is 10.2. The number of hydrogen-bond donors (Lipinski definition) is 1. The Bertz CT molecular complexity index is 462. The van der Waals surface area contributed by atoms with Gasteiger partial charge in [0, 0.05) is 24.3 Å². The number of pyridine rings is 1. The maximum atomic E-state index is 6.17. The van der Waals surface area contributed by atoms with E-state index in [1.54, 1.807) is 0 Å². The van der Waals surface area contributed by atoms with Gasteiger partial charge in [-0.25, -0.2) is 4.98 Å². The van der Waals surface area contributed by atoms with Gasteiger partial charge in [-0.15, -0.1) is 0 Å². The maximum absolute atomic E-state index is 6.17. The Morgan fingerprint density at radius 1 is 1.14 bits per heavy atom. The quantitative estimate of drug-likeness (QED) is 0.853. The highest BCUT2D eigenvalue weighted by molar-refractivity contribution is 5.27. The van der Waals surface area contributed by atoms with Crippen molar-refractivity contribution in [3.8, 4) is 5.88 Å². The lowest BCUT2D eigenvalue weighted by Gasteiger charge is -2.23. The summed E-state index contributed by atoms with van der Waals surface area (Å²) in [5.41, 5.74) is 2.46. The van der Waals surface area contributed by atoms with Crippen molar-refractivity contribution in [1.82, 2.24) is 10.3 Å². The molecule has 2 fully saturated rings. The van der Waals surface area contributed by atoms with Crippen molar-refractivity contribution in [2.75, 3.05) is 0 Å². The minimum Gasteiger partial charge on any atom is -0.474 e. The fraction of sp³-hybridized carbons (Fsp3) is 0.722. The van der Waals surface area contributed by atoms with E-state index in [1.807, 2.05) is 0 Å². The molecule has 0 spiro atoms. The van der Waals surface area contributed by atoms with Gasteiger partial charge >= 0.3 is 0 Å². The maximum Gasteiger partial charge on any atom is 0.214 e. The van der Waals surface area contributed by atoms with Crippen LogP contribution in [0.3, 0.4) is 0 Å². The van der Waals surface area contributed by atoms with Gasteiger partial charge in [-0.3, -0.25) is 0 Å². The molecule has 0 unspecified atom stereocenters. The third kappa shape index (κ3) is 4.44. The molecule has 3 rings (SSSR count). The molecule has 0 aromatic carbocycles. The topological polar surface area (TPSA) is 34.1 Å². The molecule has 3 nitrogen and oxygen atoms in total. The molecule has 21 heavy (non-hydrogen) atoms. The Hall–Kier alpha value is -1.09. The van der Waals surface area contributed by atoms with E-state index in [1.165, 1.54) is 50.5 Å². The van der Waals surface area contributed by atoms with Gasteiger partial charge in [-0.2, -0.15) is 0 Å². The van der Waals surface area contributed by atoms with Crippen LogP contribution < -0.4 is 10.1 Å². The molecule has 1 aromatic rings. The molecule has 116 valence electrons. The van der Waals surface area contributed by atoms with E-state index in [-0.39, 0.29) is 0 Å². The molecule has 0 radical (unpaired) electrons. The van der Waals surface area contributed by atoms with Crippen LogP contribution >= 0.6 is 0 Å². The third-order valence-electron chi connectivity index (χ3n) is 4.48. The van der Waals surface area contributed by atoms with Gasteiger partial charge in [-0.05, 0) is 56.1 Å². The Labute approximate surface area is 128 Å². The number of hydrogen-bond acceptors (Lipinski definition) is 3. The highest BCUT2D eigenvalue weighted by Crippen LogP contribution is 2.25. The van der Waals surface area contributed by atoms with Gasteiger partial charge in [0.15, 0.2) is 0 Å². The highest BCUT2D eigenvalue weighted by Gasteiger charge is 2.21. The second kappa shape index (κ2) is 6.78. The first kappa shape index (κ1) is 14.8. The average molecular weight is 288 g/mol. The summed E-state index contributed by atoms with van der Waals surface area (Å²) in [4.78, 5) is 4.72. The predicted molar refractivity (Wildman–Crippen MR) is 85.7 cm³/mol. The third-order valence-corrected chi connectivity index (χ3v) is 4.48. The molecule has 0 bridgehead atoms. The van der Waals surface area contributed by atoms with Crippen LogP contribution in [0.1, 0.15) is 76.0 Å². The molecule has 1 N–H and O–H groups in total. The van der Waals surface area contributed by atoms with Crippen LogP contribution in [-0.4, -0.2) is 17.1 Å². The summed E-state index contributed by atoms with van der Waals surface area (Å²) in [6.45, 7) is 5.34. The first-order valence-corrected chi connectivity index (χ1v) is 8.61. The van der Waals surface area contributed by atoms with Gasteiger partial charge < -0.3 is 10.1 Å². The zero-order valence-electron chi connectivity index (χ0n) is 13.4. The molecular formula is C18H28N2O. The van der Waals surface area contributed by atoms with Crippen molar-refractivity contribution in [2.45, 2.75) is 83.4 Å². The highest BCUT2D eigenvalue weighted by atomic mass is 16.5. The summed E-state index contributed by atoms with van der Waals surface area (Å²) < 4.78 is 6.17. The lowest BCUT2D eigenvalue weighted by molar-refractivity contribution is 0.148. The molecule has 3 heteroatoms. The molecule has 0 amide bonds. The SMILES string of the molecule is CC(C)c1cc(CNC2CC2)cc(OC2CCCCC2)n1. The van der Waals surface area contributed by atoms with Crippen LogP contribution in [-0.2, 0) is 6.54 Å². The Morgan fingerprint density at radius 3 is 2.57 bits per heavy atom. The van der Waals surface area contributed by atoms with E-state index < -0.39 is 0 Å². The largest absolute Gasteiger partial charge is 0.474 e. The minimum absolute atomic E-state index is 0.373. The van der Waals surface area contributed by atoms with Crippen LogP contribution in [0.25, 0.3) is 0 Å². The van der Waals surface area contributed by atoms with Crippen LogP contribution in [0.4, 0.5) is 0 Å². The fourth-order valence-electron chi connectivity index (χ4n) is 2.94. The van der Waals surface area contributed by atoms with Crippen LogP contribution in [0.5, 0.6) is 5.88 Å². The molecule has 0 atom stereocenters. The molecule has 2 aliphatic carbocycles. The number of rotatable bonds is 6. The fourth-order valence-corrected chi connectivity index (χ4v) is 2.94. The molecule has 0 saturated heterocycles. The molecule has 2 aliphatic rings. The number of nitrogens with one attached hydrogen (secondary N) is 1. The smallest absolute Gasteiger partial charge is 0.214 e. The number of nitrogens with zero attached hydrogens (tertiary/aromatic N) is 1.